The van der Waals surface area contributed by atoms with E-state index in [2.05, 4.69) is 40.5 Å². The number of aromatic nitrogens is 2. The van der Waals surface area contributed by atoms with Crippen LogP contribution < -0.4 is 4.72 Å². The molecule has 0 spiro atoms. The summed E-state index contributed by atoms with van der Waals surface area (Å²) in [5.74, 6) is 0.634. The first-order valence-electron chi connectivity index (χ1n) is 12.6. The van der Waals surface area contributed by atoms with Crippen molar-refractivity contribution < 1.29 is 13.3 Å². The third kappa shape index (κ3) is 7.07. The molecule has 4 rings (SSSR count). The SMILES string of the molecule is CCCCn1c(SCCCNS(=O)(=O)c2ccc(Cl)c([N+](=O)[O-])c2)nc(-c2ccccc2)c1-c1ccccc1. The van der Waals surface area contributed by atoms with Crippen molar-refractivity contribution in [2.75, 3.05) is 12.3 Å². The maximum absolute atomic E-state index is 12.7. The minimum atomic E-state index is -3.92. The Morgan fingerprint density at radius 1 is 1.00 bits per heavy atom. The first-order valence-corrected chi connectivity index (χ1v) is 15.4. The highest BCUT2D eigenvalue weighted by atomic mass is 35.5. The van der Waals surface area contributed by atoms with Gasteiger partial charge in [-0.3, -0.25) is 10.1 Å². The topological polar surface area (TPSA) is 107 Å². The van der Waals surface area contributed by atoms with Gasteiger partial charge in [0.2, 0.25) is 10.0 Å². The Morgan fingerprint density at radius 3 is 2.31 bits per heavy atom. The molecule has 4 aromatic rings. The van der Waals surface area contributed by atoms with Gasteiger partial charge in [-0.2, -0.15) is 0 Å². The van der Waals surface area contributed by atoms with Crippen LogP contribution in [-0.4, -0.2) is 35.2 Å². The number of hydrogen-bond acceptors (Lipinski definition) is 6. The average molecular weight is 585 g/mol. The molecule has 0 unspecified atom stereocenters. The molecule has 0 radical (unpaired) electrons. The molecule has 0 aliphatic rings. The van der Waals surface area contributed by atoms with Crippen molar-refractivity contribution in [3.05, 3.63) is 94.0 Å². The minimum absolute atomic E-state index is 0.112. The van der Waals surface area contributed by atoms with Crippen molar-refractivity contribution >= 4 is 39.1 Å². The lowest BCUT2D eigenvalue weighted by atomic mass is 10.0. The summed E-state index contributed by atoms with van der Waals surface area (Å²) in [6.07, 6.45) is 2.59. The third-order valence-electron chi connectivity index (χ3n) is 6.03. The lowest BCUT2D eigenvalue weighted by molar-refractivity contribution is -0.384. The predicted octanol–water partition coefficient (Wildman–Crippen LogP) is 7.04. The Bertz CT molecular complexity index is 1530. The number of halogens is 1. The van der Waals surface area contributed by atoms with Crippen LogP contribution in [0.25, 0.3) is 22.5 Å². The van der Waals surface area contributed by atoms with Crippen molar-refractivity contribution in [1.29, 1.82) is 0 Å². The van der Waals surface area contributed by atoms with Gasteiger partial charge >= 0.3 is 0 Å². The van der Waals surface area contributed by atoms with Gasteiger partial charge in [-0.25, -0.2) is 18.1 Å². The molecule has 8 nitrogen and oxygen atoms in total. The number of nitrogens with zero attached hydrogens (tertiary/aromatic N) is 3. The first kappa shape index (κ1) is 28.8. The van der Waals surface area contributed by atoms with E-state index in [0.29, 0.717) is 12.2 Å². The summed E-state index contributed by atoms with van der Waals surface area (Å²) < 4.78 is 30.2. The highest BCUT2D eigenvalue weighted by Gasteiger charge is 2.22. The lowest BCUT2D eigenvalue weighted by Gasteiger charge is -2.13. The van der Waals surface area contributed by atoms with E-state index in [4.69, 9.17) is 16.6 Å². The normalized spacial score (nSPS) is 11.5. The quantitative estimate of drug-likeness (QED) is 0.0781. The van der Waals surface area contributed by atoms with Gasteiger partial charge in [-0.15, -0.1) is 0 Å². The molecule has 0 aliphatic heterocycles. The fraction of sp³-hybridized carbons (Fsp3) is 0.250. The molecule has 3 aromatic carbocycles. The summed E-state index contributed by atoms with van der Waals surface area (Å²) >= 11 is 7.40. The van der Waals surface area contributed by atoms with E-state index in [0.717, 1.165) is 53.1 Å². The van der Waals surface area contributed by atoms with Crippen LogP contribution in [0.4, 0.5) is 5.69 Å². The van der Waals surface area contributed by atoms with Crippen molar-refractivity contribution in [1.82, 2.24) is 14.3 Å². The highest BCUT2D eigenvalue weighted by Crippen LogP contribution is 2.36. The third-order valence-corrected chi connectivity index (χ3v) is 8.87. The standard InChI is InChI=1S/C28H29ClN4O4S2/c1-2-3-18-32-27(22-13-8-5-9-14-22)26(21-11-6-4-7-12-21)31-28(32)38-19-10-17-30-39(36,37)23-15-16-24(29)25(20-23)33(34)35/h4-9,11-16,20,30H,2-3,10,17-19H2,1H3. The number of imidazole rings is 1. The minimum Gasteiger partial charge on any atom is -0.318 e. The van der Waals surface area contributed by atoms with E-state index in [1.165, 1.54) is 12.1 Å². The highest BCUT2D eigenvalue weighted by molar-refractivity contribution is 7.99. The molecule has 0 saturated heterocycles. The van der Waals surface area contributed by atoms with Crippen molar-refractivity contribution in [3.63, 3.8) is 0 Å². The number of thioether (sulfide) groups is 1. The Kier molecular flexibility index (Phi) is 9.79. The van der Waals surface area contributed by atoms with Crippen LogP contribution in [0.3, 0.4) is 0 Å². The zero-order chi connectivity index (χ0) is 27.8. The second-order valence-corrected chi connectivity index (χ2v) is 12.0. The smallest absolute Gasteiger partial charge is 0.289 e. The second kappa shape index (κ2) is 13.3. The summed E-state index contributed by atoms with van der Waals surface area (Å²) in [4.78, 5) is 15.3. The molecular formula is C28H29ClN4O4S2. The van der Waals surface area contributed by atoms with Crippen LogP contribution in [0.5, 0.6) is 0 Å². The number of nitrogens with one attached hydrogen (secondary N) is 1. The zero-order valence-corrected chi connectivity index (χ0v) is 23.8. The van der Waals surface area contributed by atoms with Gasteiger partial charge in [-0.05, 0) is 25.0 Å². The van der Waals surface area contributed by atoms with Gasteiger partial charge < -0.3 is 4.57 Å². The molecular weight excluding hydrogens is 556 g/mol. The lowest BCUT2D eigenvalue weighted by Crippen LogP contribution is -2.25. The van der Waals surface area contributed by atoms with Gasteiger partial charge in [0.05, 0.1) is 21.2 Å². The van der Waals surface area contributed by atoms with E-state index in [1.807, 2.05) is 36.4 Å². The van der Waals surface area contributed by atoms with Crippen LogP contribution in [0.2, 0.25) is 5.02 Å². The Balaban J connectivity index is 1.51. The number of benzene rings is 3. The van der Waals surface area contributed by atoms with E-state index in [-0.39, 0.29) is 16.5 Å². The van der Waals surface area contributed by atoms with E-state index in [1.54, 1.807) is 11.8 Å². The fourth-order valence-electron chi connectivity index (χ4n) is 4.08. The van der Waals surface area contributed by atoms with Crippen LogP contribution in [0, 0.1) is 10.1 Å². The van der Waals surface area contributed by atoms with Gasteiger partial charge in [-0.1, -0.05) is 97.4 Å². The summed E-state index contributed by atoms with van der Waals surface area (Å²) in [5, 5.41) is 11.9. The number of rotatable bonds is 13. The number of unbranched alkanes of at least 4 members (excludes halogenated alkanes) is 1. The summed E-state index contributed by atoms with van der Waals surface area (Å²) in [6, 6.07) is 23.8. The van der Waals surface area contributed by atoms with Crippen LogP contribution in [-0.2, 0) is 16.6 Å². The molecule has 0 fully saturated rings. The zero-order valence-electron chi connectivity index (χ0n) is 21.4. The van der Waals surface area contributed by atoms with Crippen molar-refractivity contribution in [2.24, 2.45) is 0 Å². The Labute approximate surface area is 237 Å². The maximum Gasteiger partial charge on any atom is 0.289 e. The number of sulfonamides is 1. The van der Waals surface area contributed by atoms with Gasteiger partial charge in [0.1, 0.15) is 5.02 Å². The first-order chi connectivity index (χ1) is 18.8. The molecule has 1 N–H and O–H groups in total. The second-order valence-electron chi connectivity index (χ2n) is 8.80. The Hall–Kier alpha value is -3.18. The summed E-state index contributed by atoms with van der Waals surface area (Å²) in [5.41, 5.74) is 3.68. The maximum atomic E-state index is 12.7. The molecule has 0 aliphatic carbocycles. The monoisotopic (exact) mass is 584 g/mol. The number of nitro benzene ring substituents is 1. The molecule has 1 aromatic heterocycles. The predicted molar refractivity (Wildman–Crippen MR) is 157 cm³/mol. The number of hydrogen-bond donors (Lipinski definition) is 1. The van der Waals surface area contributed by atoms with Crippen molar-refractivity contribution in [2.45, 2.75) is 42.8 Å². The molecule has 1 heterocycles. The average Bonchev–Trinajstić information content (AvgIpc) is 3.30. The largest absolute Gasteiger partial charge is 0.318 e. The molecule has 204 valence electrons. The van der Waals surface area contributed by atoms with Gasteiger partial charge in [0, 0.05) is 36.0 Å². The molecule has 0 saturated carbocycles. The fourth-order valence-corrected chi connectivity index (χ4v) is 6.32. The van der Waals surface area contributed by atoms with E-state index in [9.17, 15) is 18.5 Å². The van der Waals surface area contributed by atoms with Crippen LogP contribution in [0.15, 0.2) is 88.9 Å². The van der Waals surface area contributed by atoms with Crippen LogP contribution >= 0.6 is 23.4 Å². The molecule has 0 atom stereocenters. The van der Waals surface area contributed by atoms with E-state index < -0.39 is 20.6 Å². The van der Waals surface area contributed by atoms with Gasteiger partial charge in [0.15, 0.2) is 5.16 Å². The Morgan fingerprint density at radius 2 is 1.67 bits per heavy atom. The molecule has 11 heteroatoms. The van der Waals surface area contributed by atoms with Crippen LogP contribution in [0.1, 0.15) is 26.2 Å². The summed E-state index contributed by atoms with van der Waals surface area (Å²) in [6.45, 7) is 3.16. The molecule has 39 heavy (non-hydrogen) atoms. The molecule has 0 amide bonds. The van der Waals surface area contributed by atoms with E-state index >= 15 is 0 Å². The summed E-state index contributed by atoms with van der Waals surface area (Å²) in [7, 11) is -3.92. The van der Waals surface area contributed by atoms with Gasteiger partial charge in [0.25, 0.3) is 5.69 Å². The number of nitro groups is 1. The van der Waals surface area contributed by atoms with Crippen molar-refractivity contribution in [3.8, 4) is 22.5 Å². The molecule has 0 bridgehead atoms.